The molecule has 1 aliphatic rings. The molecule has 0 radical (unpaired) electrons. The largest absolute Gasteiger partial charge is 0.347 e. The fourth-order valence-electron chi connectivity index (χ4n) is 2.13. The van der Waals surface area contributed by atoms with Gasteiger partial charge in [-0.2, -0.15) is 0 Å². The van der Waals surface area contributed by atoms with Crippen LogP contribution in [0.4, 0.5) is 0 Å². The first-order valence-corrected chi connectivity index (χ1v) is 7.61. The molecule has 1 aromatic heterocycles. The molecule has 1 aliphatic carbocycles. The Kier molecular flexibility index (Phi) is 4.49. The number of hydrogen-bond donors (Lipinski definition) is 1. The molecular weight excluding hydrogens is 298 g/mol. The molecule has 1 fully saturated rings. The average molecular weight is 314 g/mol. The highest BCUT2D eigenvalue weighted by molar-refractivity contribution is 6.32. The van der Waals surface area contributed by atoms with Gasteiger partial charge in [0.15, 0.2) is 0 Å². The zero-order valence-corrected chi connectivity index (χ0v) is 12.8. The van der Waals surface area contributed by atoms with E-state index in [9.17, 15) is 4.79 Å². The smallest absolute Gasteiger partial charge is 0.244 e. The Morgan fingerprint density at radius 3 is 2.91 bits per heavy atom. The molecule has 0 spiro atoms. The highest BCUT2D eigenvalue weighted by atomic mass is 35.5. The second kappa shape index (κ2) is 6.71. The van der Waals surface area contributed by atoms with Crippen LogP contribution in [-0.2, 0) is 11.3 Å². The van der Waals surface area contributed by atoms with E-state index in [4.69, 9.17) is 11.6 Å². The number of hydrogen-bond acceptors (Lipinski definition) is 3. The first-order chi connectivity index (χ1) is 10.7. The Morgan fingerprint density at radius 1 is 1.32 bits per heavy atom. The summed E-state index contributed by atoms with van der Waals surface area (Å²) >= 11 is 6.03. The van der Waals surface area contributed by atoms with Crippen molar-refractivity contribution in [3.8, 4) is 0 Å². The van der Waals surface area contributed by atoms with E-state index in [2.05, 4.69) is 15.3 Å². The summed E-state index contributed by atoms with van der Waals surface area (Å²) in [6.07, 6.45) is 7.14. The Bertz CT molecular complexity index is 711. The van der Waals surface area contributed by atoms with E-state index in [1.54, 1.807) is 18.5 Å². The van der Waals surface area contributed by atoms with Crippen molar-refractivity contribution in [3.05, 3.63) is 64.7 Å². The summed E-state index contributed by atoms with van der Waals surface area (Å²) in [4.78, 5) is 20.3. The molecule has 5 heteroatoms. The lowest BCUT2D eigenvalue weighted by Gasteiger charge is -2.03. The molecule has 4 nitrogen and oxygen atoms in total. The van der Waals surface area contributed by atoms with Crippen molar-refractivity contribution in [1.82, 2.24) is 15.3 Å². The average Bonchev–Trinajstić information content (AvgIpc) is 3.37. The predicted octanol–water partition coefficient (Wildman–Crippen LogP) is 3.34. The van der Waals surface area contributed by atoms with E-state index in [0.717, 1.165) is 17.0 Å². The Labute approximate surface area is 134 Å². The Hall–Kier alpha value is -2.20. The van der Waals surface area contributed by atoms with E-state index >= 15 is 0 Å². The van der Waals surface area contributed by atoms with Crippen molar-refractivity contribution in [1.29, 1.82) is 0 Å². The topological polar surface area (TPSA) is 54.9 Å². The fourth-order valence-corrected chi connectivity index (χ4v) is 2.33. The standard InChI is InChI=1S/C17H16ClN3O/c18-15-4-2-1-3-12(15)7-8-17(22)19-10-14-9-16(13-5-6-13)21-11-20-14/h1-4,7-9,11,13H,5-6,10H2,(H,19,22)/b8-7+. The number of halogens is 1. The van der Waals surface area contributed by atoms with E-state index in [0.29, 0.717) is 17.5 Å². The zero-order chi connectivity index (χ0) is 15.4. The number of nitrogens with one attached hydrogen (secondary N) is 1. The van der Waals surface area contributed by atoms with Gasteiger partial charge >= 0.3 is 0 Å². The lowest BCUT2D eigenvalue weighted by molar-refractivity contribution is -0.116. The maximum Gasteiger partial charge on any atom is 0.244 e. The molecule has 3 rings (SSSR count). The number of carbonyl (C=O) groups is 1. The summed E-state index contributed by atoms with van der Waals surface area (Å²) in [5.41, 5.74) is 2.72. The normalized spacial score (nSPS) is 14.2. The third kappa shape index (κ3) is 3.92. The maximum absolute atomic E-state index is 11.8. The Balaban J connectivity index is 1.56. The minimum absolute atomic E-state index is 0.175. The van der Waals surface area contributed by atoms with Gasteiger partial charge in [-0.15, -0.1) is 0 Å². The summed E-state index contributed by atoms with van der Waals surface area (Å²) < 4.78 is 0. The van der Waals surface area contributed by atoms with Gasteiger partial charge in [-0.05, 0) is 36.6 Å². The van der Waals surface area contributed by atoms with Gasteiger partial charge in [0.1, 0.15) is 6.33 Å². The van der Waals surface area contributed by atoms with Crippen molar-refractivity contribution >= 4 is 23.6 Å². The van der Waals surface area contributed by atoms with Gasteiger partial charge in [0, 0.05) is 22.7 Å². The number of aromatic nitrogens is 2. The summed E-state index contributed by atoms with van der Waals surface area (Å²) in [5, 5.41) is 3.44. The molecule has 0 bridgehead atoms. The molecule has 0 aliphatic heterocycles. The monoisotopic (exact) mass is 313 g/mol. The second-order valence-electron chi connectivity index (χ2n) is 5.28. The molecule has 112 valence electrons. The second-order valence-corrected chi connectivity index (χ2v) is 5.69. The number of carbonyl (C=O) groups excluding carboxylic acids is 1. The van der Waals surface area contributed by atoms with Gasteiger partial charge in [0.25, 0.3) is 0 Å². The fraction of sp³-hybridized carbons (Fsp3) is 0.235. The van der Waals surface area contributed by atoms with Gasteiger partial charge in [0.05, 0.1) is 12.2 Å². The van der Waals surface area contributed by atoms with Crippen LogP contribution >= 0.6 is 11.6 Å². The highest BCUT2D eigenvalue weighted by Gasteiger charge is 2.25. The van der Waals surface area contributed by atoms with Crippen molar-refractivity contribution in [3.63, 3.8) is 0 Å². The molecular formula is C17H16ClN3O. The van der Waals surface area contributed by atoms with E-state index < -0.39 is 0 Å². The summed E-state index contributed by atoms with van der Waals surface area (Å²) in [7, 11) is 0. The van der Waals surface area contributed by atoms with Crippen molar-refractivity contribution in [2.24, 2.45) is 0 Å². The number of rotatable bonds is 5. The Morgan fingerprint density at radius 2 is 2.14 bits per heavy atom. The molecule has 0 atom stereocenters. The minimum Gasteiger partial charge on any atom is -0.347 e. The number of amides is 1. The summed E-state index contributed by atoms with van der Waals surface area (Å²) in [5.74, 6) is 0.407. The summed E-state index contributed by atoms with van der Waals surface area (Å²) in [6.45, 7) is 0.397. The first kappa shape index (κ1) is 14.7. The van der Waals surface area contributed by atoms with Crippen LogP contribution in [-0.4, -0.2) is 15.9 Å². The third-order valence-electron chi connectivity index (χ3n) is 3.50. The first-order valence-electron chi connectivity index (χ1n) is 7.23. The van der Waals surface area contributed by atoms with Gasteiger partial charge in [-0.3, -0.25) is 4.79 Å². The van der Waals surface area contributed by atoms with Gasteiger partial charge in [-0.25, -0.2) is 9.97 Å². The van der Waals surface area contributed by atoms with Crippen molar-refractivity contribution in [2.75, 3.05) is 0 Å². The van der Waals surface area contributed by atoms with Gasteiger partial charge in [0.2, 0.25) is 5.91 Å². The molecule has 1 amide bonds. The third-order valence-corrected chi connectivity index (χ3v) is 3.85. The lowest BCUT2D eigenvalue weighted by atomic mass is 10.2. The van der Waals surface area contributed by atoms with Crippen molar-refractivity contribution in [2.45, 2.75) is 25.3 Å². The van der Waals surface area contributed by atoms with Crippen LogP contribution in [0.5, 0.6) is 0 Å². The maximum atomic E-state index is 11.8. The van der Waals surface area contributed by atoms with Crippen molar-refractivity contribution < 1.29 is 4.79 Å². The van der Waals surface area contributed by atoms with Crippen LogP contribution in [0.15, 0.2) is 42.7 Å². The quantitative estimate of drug-likeness (QED) is 0.861. The van der Waals surface area contributed by atoms with Crippen LogP contribution in [0.3, 0.4) is 0 Å². The van der Waals surface area contributed by atoms with Crippen LogP contribution in [0.25, 0.3) is 6.08 Å². The molecule has 1 N–H and O–H groups in total. The zero-order valence-electron chi connectivity index (χ0n) is 12.0. The molecule has 1 saturated carbocycles. The molecule has 1 aromatic carbocycles. The predicted molar refractivity (Wildman–Crippen MR) is 86.3 cm³/mol. The molecule has 22 heavy (non-hydrogen) atoms. The molecule has 1 heterocycles. The van der Waals surface area contributed by atoms with Gasteiger partial charge in [-0.1, -0.05) is 29.8 Å². The van der Waals surface area contributed by atoms with Crippen LogP contribution in [0.1, 0.15) is 35.7 Å². The molecule has 0 unspecified atom stereocenters. The lowest BCUT2D eigenvalue weighted by Crippen LogP contribution is -2.21. The molecule has 2 aromatic rings. The van der Waals surface area contributed by atoms with E-state index in [-0.39, 0.29) is 5.91 Å². The highest BCUT2D eigenvalue weighted by Crippen LogP contribution is 2.38. The van der Waals surface area contributed by atoms with Gasteiger partial charge < -0.3 is 5.32 Å². The van der Waals surface area contributed by atoms with Crippen LogP contribution in [0.2, 0.25) is 5.02 Å². The SMILES string of the molecule is O=C(/C=C/c1ccccc1Cl)NCc1cc(C2CC2)ncn1. The van der Waals surface area contributed by atoms with Crippen LogP contribution in [0, 0.1) is 0 Å². The van der Waals surface area contributed by atoms with Crippen LogP contribution < -0.4 is 5.32 Å². The number of benzene rings is 1. The number of nitrogens with zero attached hydrogens (tertiary/aromatic N) is 2. The van der Waals surface area contributed by atoms with E-state index in [1.807, 2.05) is 24.3 Å². The minimum atomic E-state index is -0.175. The van der Waals surface area contributed by atoms with E-state index in [1.165, 1.54) is 18.9 Å². The summed E-state index contributed by atoms with van der Waals surface area (Å²) in [6, 6.07) is 9.35. The molecule has 0 saturated heterocycles.